The van der Waals surface area contributed by atoms with E-state index in [4.69, 9.17) is 10.4 Å². The number of carbonyl (C=O) groups excluding carboxylic acids is 1. The Labute approximate surface area is 164 Å². The van der Waals surface area contributed by atoms with Gasteiger partial charge in [-0.1, -0.05) is 30.2 Å². The van der Waals surface area contributed by atoms with Crippen LogP contribution in [-0.4, -0.2) is 16.9 Å². The summed E-state index contributed by atoms with van der Waals surface area (Å²) in [6.45, 7) is 5.00. The van der Waals surface area contributed by atoms with Crippen molar-refractivity contribution in [1.82, 2.24) is 0 Å². The first-order valence-corrected chi connectivity index (χ1v) is 8.36. The van der Waals surface area contributed by atoms with Crippen LogP contribution in [0.5, 0.6) is 0 Å². The van der Waals surface area contributed by atoms with Crippen LogP contribution in [0, 0.1) is 12.0 Å². The Balaban J connectivity index is 0.000000339. The van der Waals surface area contributed by atoms with Crippen LogP contribution in [0.3, 0.4) is 0 Å². The first-order chi connectivity index (χ1) is 11.5. The SMILES string of the molecule is CC(=O)/C=C(/C)O.CC1=CC2[N-]C(c3[c-]cccc3)CCC2C=C1.[Ir]. The number of allylic oxidation sites excluding steroid dienone is 4. The summed E-state index contributed by atoms with van der Waals surface area (Å²) in [6, 6.07) is 12.3. The summed E-state index contributed by atoms with van der Waals surface area (Å²) in [6.07, 6.45) is 10.4. The van der Waals surface area contributed by atoms with E-state index < -0.39 is 0 Å². The Morgan fingerprint density at radius 2 is 2.08 bits per heavy atom. The summed E-state index contributed by atoms with van der Waals surface area (Å²) < 4.78 is 0. The molecular weight excluding hydrogens is 490 g/mol. The second-order valence-corrected chi connectivity index (χ2v) is 6.38. The van der Waals surface area contributed by atoms with E-state index in [2.05, 4.69) is 43.4 Å². The second kappa shape index (κ2) is 10.5. The Hall–Kier alpha value is -1.48. The molecule has 1 aliphatic carbocycles. The number of rotatable bonds is 2. The molecule has 0 amide bonds. The molecule has 0 aromatic heterocycles. The molecule has 1 N–H and O–H groups in total. The second-order valence-electron chi connectivity index (χ2n) is 6.38. The molecular formula is C21H25IrNO2-2. The van der Waals surface area contributed by atoms with Crippen LogP contribution in [0.2, 0.25) is 0 Å². The molecule has 0 bridgehead atoms. The van der Waals surface area contributed by atoms with Gasteiger partial charge in [0, 0.05) is 26.2 Å². The van der Waals surface area contributed by atoms with Crippen LogP contribution >= 0.6 is 0 Å². The van der Waals surface area contributed by atoms with Gasteiger partial charge in [-0.05, 0) is 33.1 Å². The predicted octanol–water partition coefficient (Wildman–Crippen LogP) is 5.23. The third-order valence-corrected chi connectivity index (χ3v) is 4.11. The standard InChI is InChI=1S/C16H17N.C5H8O2.Ir/c1-12-7-8-14-9-10-15(17-16(14)11-12)13-5-3-2-4-6-13;1-4(6)3-5(2)7;/h2-5,7-8,11,14-16H,9-10H2,1H3;3,6H,1-2H3;/q-2;;/b;4-3-;. The van der Waals surface area contributed by atoms with Crippen LogP contribution in [0.25, 0.3) is 5.32 Å². The zero-order valence-corrected chi connectivity index (χ0v) is 17.3. The Morgan fingerprint density at radius 1 is 1.32 bits per heavy atom. The van der Waals surface area contributed by atoms with Gasteiger partial charge in [0.1, 0.15) is 0 Å². The molecule has 1 saturated heterocycles. The van der Waals surface area contributed by atoms with Crippen molar-refractivity contribution in [1.29, 1.82) is 0 Å². The number of hydrogen-bond donors (Lipinski definition) is 1. The number of nitrogens with zero attached hydrogens (tertiary/aromatic N) is 1. The number of piperidine rings is 1. The number of carbonyl (C=O) groups is 1. The molecule has 1 radical (unpaired) electrons. The van der Waals surface area contributed by atoms with Crippen molar-refractivity contribution in [2.75, 3.05) is 0 Å². The Morgan fingerprint density at radius 3 is 2.64 bits per heavy atom. The molecule has 3 nitrogen and oxygen atoms in total. The molecule has 137 valence electrons. The summed E-state index contributed by atoms with van der Waals surface area (Å²) in [7, 11) is 0. The van der Waals surface area contributed by atoms with E-state index in [1.54, 1.807) is 0 Å². The summed E-state index contributed by atoms with van der Waals surface area (Å²) in [5, 5.41) is 13.3. The predicted molar refractivity (Wildman–Crippen MR) is 97.9 cm³/mol. The molecule has 0 spiro atoms. The van der Waals surface area contributed by atoms with Crippen LogP contribution in [0.1, 0.15) is 45.2 Å². The van der Waals surface area contributed by atoms with Crippen LogP contribution in [-0.2, 0) is 24.9 Å². The first-order valence-electron chi connectivity index (χ1n) is 8.36. The van der Waals surface area contributed by atoms with Gasteiger partial charge in [0.05, 0.1) is 5.76 Å². The van der Waals surface area contributed by atoms with Gasteiger partial charge in [0.2, 0.25) is 0 Å². The average molecular weight is 516 g/mol. The number of ketones is 1. The summed E-state index contributed by atoms with van der Waals surface area (Å²) in [4.78, 5) is 10.0. The van der Waals surface area contributed by atoms with E-state index in [1.165, 1.54) is 37.5 Å². The minimum absolute atomic E-state index is 0. The number of fused-ring (bicyclic) bond motifs is 1. The smallest absolute Gasteiger partial charge is 0.155 e. The van der Waals surface area contributed by atoms with Crippen LogP contribution < -0.4 is 0 Å². The normalized spacial score (nSPS) is 24.8. The van der Waals surface area contributed by atoms with E-state index in [-0.39, 0.29) is 31.6 Å². The fourth-order valence-corrected chi connectivity index (χ4v) is 3.04. The van der Waals surface area contributed by atoms with Gasteiger partial charge in [-0.25, -0.2) is 0 Å². The molecule has 1 aromatic rings. The fraction of sp³-hybridized carbons (Fsp3) is 0.381. The molecule has 0 saturated carbocycles. The van der Waals surface area contributed by atoms with Gasteiger partial charge in [-0.2, -0.15) is 35.9 Å². The molecule has 1 fully saturated rings. The number of aliphatic hydroxyl groups excluding tert-OH is 1. The maximum absolute atomic E-state index is 10.0. The van der Waals surface area contributed by atoms with Crippen molar-refractivity contribution in [3.05, 3.63) is 76.8 Å². The van der Waals surface area contributed by atoms with Crippen molar-refractivity contribution in [3.8, 4) is 0 Å². The molecule has 3 unspecified atom stereocenters. The van der Waals surface area contributed by atoms with E-state index in [1.807, 2.05) is 12.1 Å². The third-order valence-electron chi connectivity index (χ3n) is 4.11. The minimum atomic E-state index is -0.125. The Kier molecular flexibility index (Phi) is 9.05. The molecule has 1 heterocycles. The largest absolute Gasteiger partial charge is 0.651 e. The van der Waals surface area contributed by atoms with Gasteiger partial charge in [-0.15, -0.1) is 12.1 Å². The van der Waals surface area contributed by atoms with Crippen LogP contribution in [0.15, 0.2) is 59.9 Å². The summed E-state index contributed by atoms with van der Waals surface area (Å²) in [5.74, 6) is 0.561. The molecule has 1 aromatic carbocycles. The van der Waals surface area contributed by atoms with Gasteiger partial charge < -0.3 is 10.4 Å². The zero-order chi connectivity index (χ0) is 17.5. The monoisotopic (exact) mass is 516 g/mol. The average Bonchev–Trinajstić information content (AvgIpc) is 2.54. The van der Waals surface area contributed by atoms with Gasteiger partial charge in [-0.3, -0.25) is 4.79 Å². The van der Waals surface area contributed by atoms with E-state index >= 15 is 0 Å². The molecule has 1 aliphatic heterocycles. The number of aliphatic hydroxyl groups is 1. The summed E-state index contributed by atoms with van der Waals surface area (Å²) in [5.41, 5.74) is 2.58. The van der Waals surface area contributed by atoms with Crippen molar-refractivity contribution in [2.45, 2.75) is 45.7 Å². The summed E-state index contributed by atoms with van der Waals surface area (Å²) >= 11 is 0. The first kappa shape index (κ1) is 21.6. The van der Waals surface area contributed by atoms with Crippen molar-refractivity contribution < 1.29 is 30.0 Å². The number of hydrogen-bond acceptors (Lipinski definition) is 2. The molecule has 2 aliphatic rings. The Bertz CT molecular complexity index is 645. The van der Waals surface area contributed by atoms with Crippen molar-refractivity contribution in [3.63, 3.8) is 0 Å². The van der Waals surface area contributed by atoms with E-state index in [0.717, 1.165) is 6.42 Å². The van der Waals surface area contributed by atoms with Gasteiger partial charge >= 0.3 is 0 Å². The van der Waals surface area contributed by atoms with E-state index in [0.29, 0.717) is 18.0 Å². The number of benzene rings is 1. The zero-order valence-electron chi connectivity index (χ0n) is 14.9. The molecule has 25 heavy (non-hydrogen) atoms. The third kappa shape index (κ3) is 7.11. The molecule has 3 rings (SSSR count). The molecule has 3 atom stereocenters. The van der Waals surface area contributed by atoms with E-state index in [9.17, 15) is 4.79 Å². The fourth-order valence-electron chi connectivity index (χ4n) is 3.04. The molecule has 4 heteroatoms. The maximum Gasteiger partial charge on any atom is 0.155 e. The topological polar surface area (TPSA) is 51.4 Å². The van der Waals surface area contributed by atoms with Crippen molar-refractivity contribution in [2.24, 2.45) is 5.92 Å². The van der Waals surface area contributed by atoms with Gasteiger partial charge in [0.25, 0.3) is 0 Å². The van der Waals surface area contributed by atoms with Gasteiger partial charge in [0.15, 0.2) is 5.78 Å². The van der Waals surface area contributed by atoms with Crippen LogP contribution in [0.4, 0.5) is 0 Å². The maximum atomic E-state index is 10.0. The van der Waals surface area contributed by atoms with Crippen molar-refractivity contribution >= 4 is 5.78 Å². The quantitative estimate of drug-likeness (QED) is 0.333. The minimum Gasteiger partial charge on any atom is -0.651 e.